The zero-order valence-corrected chi connectivity index (χ0v) is 13.5. The number of aromatic nitrogens is 2. The molecule has 0 saturated carbocycles. The molecule has 0 spiro atoms. The van der Waals surface area contributed by atoms with Crippen molar-refractivity contribution < 1.29 is 9.53 Å². The van der Waals surface area contributed by atoms with E-state index >= 15 is 0 Å². The molecule has 0 aliphatic rings. The lowest BCUT2D eigenvalue weighted by Gasteiger charge is -2.05. The predicted molar refractivity (Wildman–Crippen MR) is 89.1 cm³/mol. The molecule has 3 aromatic rings. The summed E-state index contributed by atoms with van der Waals surface area (Å²) in [5, 5.41) is 10.8. The maximum atomic E-state index is 12.2. The molecule has 0 radical (unpaired) electrons. The van der Waals surface area contributed by atoms with Crippen molar-refractivity contribution in [3.63, 3.8) is 0 Å². The highest BCUT2D eigenvalue weighted by atomic mass is 79.9. The van der Waals surface area contributed by atoms with Crippen molar-refractivity contribution in [2.75, 3.05) is 12.4 Å². The van der Waals surface area contributed by atoms with Gasteiger partial charge in [-0.1, -0.05) is 28.1 Å². The third kappa shape index (κ3) is 3.12. The van der Waals surface area contributed by atoms with Crippen molar-refractivity contribution in [2.24, 2.45) is 0 Å². The summed E-state index contributed by atoms with van der Waals surface area (Å²) < 4.78 is 6.11. The Morgan fingerprint density at radius 3 is 3.00 bits per heavy atom. The summed E-state index contributed by atoms with van der Waals surface area (Å²) in [6, 6.07) is 13.2. The highest BCUT2D eigenvalue weighted by molar-refractivity contribution is 9.10. The Balaban J connectivity index is 1.75. The molecule has 2 N–H and O–H groups in total. The van der Waals surface area contributed by atoms with Crippen molar-refractivity contribution >= 4 is 38.6 Å². The van der Waals surface area contributed by atoms with Gasteiger partial charge in [0.25, 0.3) is 0 Å². The van der Waals surface area contributed by atoms with Gasteiger partial charge in [-0.25, -0.2) is 0 Å². The van der Waals surface area contributed by atoms with Crippen molar-refractivity contribution in [2.45, 2.75) is 6.42 Å². The molecule has 0 aliphatic heterocycles. The summed E-state index contributed by atoms with van der Waals surface area (Å²) in [6.45, 7) is 0. The number of carbonyl (C=O) groups excluding carboxylic acids is 1. The number of halogens is 1. The van der Waals surface area contributed by atoms with Crippen LogP contribution in [0.4, 0.5) is 5.82 Å². The second kappa shape index (κ2) is 6.19. The zero-order chi connectivity index (χ0) is 15.5. The van der Waals surface area contributed by atoms with Gasteiger partial charge in [-0.05, 0) is 35.9 Å². The van der Waals surface area contributed by atoms with Crippen LogP contribution in [0.25, 0.3) is 10.9 Å². The monoisotopic (exact) mass is 359 g/mol. The standard InChI is InChI=1S/C16H14BrN3O2/c1-22-12-4-2-3-10(7-12)8-15(21)18-16-13-6-5-11(17)9-14(13)19-20-16/h2-7,9H,8H2,1H3,(H2,18,19,20,21). The zero-order valence-electron chi connectivity index (χ0n) is 11.9. The number of methoxy groups -OCH3 is 1. The van der Waals surface area contributed by atoms with E-state index in [0.717, 1.165) is 26.7 Å². The molecule has 0 unspecified atom stereocenters. The van der Waals surface area contributed by atoms with Gasteiger partial charge >= 0.3 is 0 Å². The molecule has 22 heavy (non-hydrogen) atoms. The molecule has 0 saturated heterocycles. The van der Waals surface area contributed by atoms with Gasteiger partial charge in [-0.2, -0.15) is 5.10 Å². The normalized spacial score (nSPS) is 10.6. The Labute approximate surface area is 135 Å². The van der Waals surface area contributed by atoms with E-state index < -0.39 is 0 Å². The summed E-state index contributed by atoms with van der Waals surface area (Å²) in [6.07, 6.45) is 0.266. The molecule has 1 heterocycles. The number of nitrogens with one attached hydrogen (secondary N) is 2. The Hall–Kier alpha value is -2.34. The lowest BCUT2D eigenvalue weighted by atomic mass is 10.1. The molecule has 2 aromatic carbocycles. The number of amides is 1. The van der Waals surface area contributed by atoms with E-state index in [-0.39, 0.29) is 12.3 Å². The molecule has 1 aromatic heterocycles. The molecule has 6 heteroatoms. The number of rotatable bonds is 4. The Morgan fingerprint density at radius 2 is 2.18 bits per heavy atom. The fourth-order valence-electron chi connectivity index (χ4n) is 2.23. The molecule has 5 nitrogen and oxygen atoms in total. The minimum absolute atomic E-state index is 0.121. The maximum Gasteiger partial charge on any atom is 0.230 e. The predicted octanol–water partition coefficient (Wildman–Crippen LogP) is 3.52. The molecular weight excluding hydrogens is 346 g/mol. The van der Waals surface area contributed by atoms with Crippen LogP contribution in [0.15, 0.2) is 46.9 Å². The van der Waals surface area contributed by atoms with E-state index in [9.17, 15) is 4.79 Å². The van der Waals surface area contributed by atoms with Crippen LogP contribution >= 0.6 is 15.9 Å². The molecular formula is C16H14BrN3O2. The first kappa shape index (κ1) is 14.6. The van der Waals surface area contributed by atoms with E-state index in [4.69, 9.17) is 4.74 Å². The smallest absolute Gasteiger partial charge is 0.230 e. The van der Waals surface area contributed by atoms with Crippen molar-refractivity contribution in [1.82, 2.24) is 10.2 Å². The van der Waals surface area contributed by atoms with E-state index in [1.165, 1.54) is 0 Å². The van der Waals surface area contributed by atoms with Crippen LogP contribution in [0.1, 0.15) is 5.56 Å². The highest BCUT2D eigenvalue weighted by Gasteiger charge is 2.10. The van der Waals surface area contributed by atoms with E-state index in [1.807, 2.05) is 42.5 Å². The summed E-state index contributed by atoms with van der Waals surface area (Å²) in [5.74, 6) is 1.15. The number of nitrogens with zero attached hydrogens (tertiary/aromatic N) is 1. The van der Waals surface area contributed by atoms with Crippen LogP contribution in [0, 0.1) is 0 Å². The van der Waals surface area contributed by atoms with Gasteiger partial charge in [-0.3, -0.25) is 9.89 Å². The van der Waals surface area contributed by atoms with Crippen molar-refractivity contribution in [3.8, 4) is 5.75 Å². The Morgan fingerprint density at radius 1 is 1.32 bits per heavy atom. The highest BCUT2D eigenvalue weighted by Crippen LogP contribution is 2.24. The number of hydrogen-bond acceptors (Lipinski definition) is 3. The number of hydrogen-bond donors (Lipinski definition) is 2. The number of carbonyl (C=O) groups is 1. The number of fused-ring (bicyclic) bond motifs is 1. The molecule has 3 rings (SSSR count). The van der Waals surface area contributed by atoms with Crippen LogP contribution < -0.4 is 10.1 Å². The number of ether oxygens (including phenoxy) is 1. The van der Waals surface area contributed by atoms with E-state index in [0.29, 0.717) is 5.82 Å². The van der Waals surface area contributed by atoms with Crippen LogP contribution in [-0.2, 0) is 11.2 Å². The molecule has 0 bridgehead atoms. The SMILES string of the molecule is COc1cccc(CC(=O)Nc2n[nH]c3cc(Br)ccc23)c1. The van der Waals surface area contributed by atoms with Gasteiger partial charge in [-0.15, -0.1) is 0 Å². The first-order valence-corrected chi connectivity index (χ1v) is 7.51. The number of H-pyrrole nitrogens is 1. The van der Waals surface area contributed by atoms with Crippen LogP contribution in [-0.4, -0.2) is 23.2 Å². The summed E-state index contributed by atoms with van der Waals surface area (Å²) in [4.78, 5) is 12.2. The molecule has 0 atom stereocenters. The molecule has 1 amide bonds. The Kier molecular flexibility index (Phi) is 4.11. The van der Waals surface area contributed by atoms with Gasteiger partial charge in [0.1, 0.15) is 5.75 Å². The van der Waals surface area contributed by atoms with Crippen molar-refractivity contribution in [3.05, 3.63) is 52.5 Å². The Bertz CT molecular complexity index is 829. The fourth-order valence-corrected chi connectivity index (χ4v) is 2.59. The first-order chi connectivity index (χ1) is 10.7. The van der Waals surface area contributed by atoms with Gasteiger partial charge in [0.2, 0.25) is 5.91 Å². The average Bonchev–Trinajstić information content (AvgIpc) is 2.89. The van der Waals surface area contributed by atoms with Gasteiger partial charge < -0.3 is 10.1 Å². The number of anilines is 1. The van der Waals surface area contributed by atoms with Gasteiger partial charge in [0.15, 0.2) is 5.82 Å². The van der Waals surface area contributed by atoms with Crippen LogP contribution in [0.3, 0.4) is 0 Å². The molecule has 0 fully saturated rings. The largest absolute Gasteiger partial charge is 0.497 e. The topological polar surface area (TPSA) is 67.0 Å². The second-order valence-corrected chi connectivity index (χ2v) is 5.75. The lowest BCUT2D eigenvalue weighted by molar-refractivity contribution is -0.115. The first-order valence-electron chi connectivity index (χ1n) is 6.72. The van der Waals surface area contributed by atoms with Gasteiger partial charge in [0, 0.05) is 9.86 Å². The van der Waals surface area contributed by atoms with E-state index in [2.05, 4.69) is 31.4 Å². The fraction of sp³-hybridized carbons (Fsp3) is 0.125. The van der Waals surface area contributed by atoms with E-state index in [1.54, 1.807) is 7.11 Å². The lowest BCUT2D eigenvalue weighted by Crippen LogP contribution is -2.14. The summed E-state index contributed by atoms with van der Waals surface area (Å²) in [7, 11) is 1.60. The van der Waals surface area contributed by atoms with Gasteiger partial charge in [0.05, 0.1) is 19.0 Å². The molecule has 0 aliphatic carbocycles. The summed E-state index contributed by atoms with van der Waals surface area (Å²) >= 11 is 3.40. The summed E-state index contributed by atoms with van der Waals surface area (Å²) in [5.41, 5.74) is 1.76. The third-order valence-corrected chi connectivity index (χ3v) is 3.77. The maximum absolute atomic E-state index is 12.2. The number of aromatic amines is 1. The molecule has 112 valence electrons. The second-order valence-electron chi connectivity index (χ2n) is 4.84. The quantitative estimate of drug-likeness (QED) is 0.748. The van der Waals surface area contributed by atoms with Crippen LogP contribution in [0.5, 0.6) is 5.75 Å². The van der Waals surface area contributed by atoms with Crippen LogP contribution in [0.2, 0.25) is 0 Å². The minimum Gasteiger partial charge on any atom is -0.497 e. The van der Waals surface area contributed by atoms with Crippen molar-refractivity contribution in [1.29, 1.82) is 0 Å². The minimum atomic E-state index is -0.121. The average molecular weight is 360 g/mol. The third-order valence-electron chi connectivity index (χ3n) is 3.28. The number of benzene rings is 2.